The van der Waals surface area contributed by atoms with Gasteiger partial charge in [0.25, 0.3) is 0 Å². The van der Waals surface area contributed by atoms with Crippen LogP contribution in [0.2, 0.25) is 0 Å². The third-order valence-electron chi connectivity index (χ3n) is 3.65. The van der Waals surface area contributed by atoms with Gasteiger partial charge in [0.1, 0.15) is 29.2 Å². The predicted octanol–water partition coefficient (Wildman–Crippen LogP) is 2.67. The zero-order valence-electron chi connectivity index (χ0n) is 15.1. The van der Waals surface area contributed by atoms with E-state index in [9.17, 15) is 9.50 Å². The lowest BCUT2D eigenvalue weighted by Crippen LogP contribution is -2.41. The molecule has 0 spiro atoms. The molecule has 0 aromatic heterocycles. The minimum atomic E-state index is -0.335. The van der Waals surface area contributed by atoms with Crippen LogP contribution in [-0.4, -0.2) is 37.9 Å². The molecule has 0 aliphatic rings. The van der Waals surface area contributed by atoms with Crippen LogP contribution in [0.1, 0.15) is 12.5 Å². The number of benzene rings is 2. The van der Waals surface area contributed by atoms with Crippen molar-refractivity contribution in [3.8, 4) is 17.2 Å². The van der Waals surface area contributed by atoms with E-state index in [1.807, 2.05) is 6.92 Å². The second-order valence-corrected chi connectivity index (χ2v) is 5.69. The molecule has 2 aromatic rings. The third-order valence-corrected chi connectivity index (χ3v) is 3.65. The first-order valence-electron chi connectivity index (χ1n) is 8.24. The quantitative estimate of drug-likeness (QED) is 0.522. The third kappa shape index (κ3) is 5.84. The molecule has 3 N–H and O–H groups in total. The van der Waals surface area contributed by atoms with Gasteiger partial charge in [0.15, 0.2) is 5.96 Å². The first-order valence-corrected chi connectivity index (χ1v) is 8.24. The molecule has 0 fully saturated rings. The van der Waals surface area contributed by atoms with Crippen LogP contribution in [0.25, 0.3) is 0 Å². The smallest absolute Gasteiger partial charge is 0.191 e. The topological polar surface area (TPSA) is 75.1 Å². The summed E-state index contributed by atoms with van der Waals surface area (Å²) in [6.45, 7) is 2.72. The molecular weight excluding hydrogens is 337 g/mol. The molecule has 0 radical (unpaired) electrons. The van der Waals surface area contributed by atoms with Gasteiger partial charge in [0.05, 0.1) is 13.7 Å². The van der Waals surface area contributed by atoms with E-state index in [0.717, 1.165) is 0 Å². The molecular formula is C19H24FN3O3. The average Bonchev–Trinajstić information content (AvgIpc) is 2.63. The summed E-state index contributed by atoms with van der Waals surface area (Å²) in [6, 6.07) is 11.1. The maximum Gasteiger partial charge on any atom is 0.191 e. The Bertz CT molecular complexity index is 753. The highest BCUT2D eigenvalue weighted by atomic mass is 19.1. The fourth-order valence-electron chi connectivity index (χ4n) is 2.28. The van der Waals surface area contributed by atoms with Crippen LogP contribution in [0, 0.1) is 5.82 Å². The fourth-order valence-corrected chi connectivity index (χ4v) is 2.28. The number of methoxy groups -OCH3 is 1. The molecule has 2 rings (SSSR count). The second-order valence-electron chi connectivity index (χ2n) is 5.69. The molecule has 0 bridgehead atoms. The summed E-state index contributed by atoms with van der Waals surface area (Å²) in [5.74, 6) is 1.54. The van der Waals surface area contributed by atoms with Crippen molar-refractivity contribution in [3.63, 3.8) is 0 Å². The second kappa shape index (κ2) is 9.50. The fraction of sp³-hybridized carbons (Fsp3) is 0.316. The van der Waals surface area contributed by atoms with E-state index >= 15 is 0 Å². The van der Waals surface area contributed by atoms with E-state index in [-0.39, 0.29) is 17.7 Å². The molecule has 0 heterocycles. The van der Waals surface area contributed by atoms with Crippen molar-refractivity contribution in [1.82, 2.24) is 10.6 Å². The summed E-state index contributed by atoms with van der Waals surface area (Å²) in [4.78, 5) is 4.13. The van der Waals surface area contributed by atoms with Crippen molar-refractivity contribution in [2.45, 2.75) is 19.6 Å². The van der Waals surface area contributed by atoms with Crippen molar-refractivity contribution in [1.29, 1.82) is 0 Å². The van der Waals surface area contributed by atoms with Gasteiger partial charge in [0.2, 0.25) is 0 Å². The molecule has 1 unspecified atom stereocenters. The summed E-state index contributed by atoms with van der Waals surface area (Å²) >= 11 is 0. The summed E-state index contributed by atoms with van der Waals surface area (Å²) < 4.78 is 24.0. The SMILES string of the molecule is CN=C(NCc1cc(OC)ccc1O)NCC(C)Oc1cccc(F)c1. The lowest BCUT2D eigenvalue weighted by Gasteiger charge is -2.18. The molecule has 0 aliphatic carbocycles. The van der Waals surface area contributed by atoms with Gasteiger partial charge in [-0.1, -0.05) is 6.07 Å². The van der Waals surface area contributed by atoms with Crippen molar-refractivity contribution in [2.24, 2.45) is 4.99 Å². The summed E-state index contributed by atoms with van der Waals surface area (Å²) in [6.07, 6.45) is -0.194. The minimum Gasteiger partial charge on any atom is -0.508 e. The lowest BCUT2D eigenvalue weighted by atomic mass is 10.2. The molecule has 0 aliphatic heterocycles. The molecule has 26 heavy (non-hydrogen) atoms. The highest BCUT2D eigenvalue weighted by Crippen LogP contribution is 2.22. The van der Waals surface area contributed by atoms with E-state index in [4.69, 9.17) is 9.47 Å². The number of rotatable bonds is 7. The zero-order valence-corrected chi connectivity index (χ0v) is 15.1. The predicted molar refractivity (Wildman–Crippen MR) is 99.4 cm³/mol. The van der Waals surface area contributed by atoms with E-state index < -0.39 is 0 Å². The Hall–Kier alpha value is -2.96. The van der Waals surface area contributed by atoms with E-state index in [1.165, 1.54) is 12.1 Å². The summed E-state index contributed by atoms with van der Waals surface area (Å²) in [5, 5.41) is 16.2. The molecule has 7 heteroatoms. The van der Waals surface area contributed by atoms with Crippen molar-refractivity contribution in [3.05, 3.63) is 53.8 Å². The molecule has 0 saturated carbocycles. The number of aromatic hydroxyl groups is 1. The number of aliphatic imine (C=N–C) groups is 1. The monoisotopic (exact) mass is 361 g/mol. The van der Waals surface area contributed by atoms with Gasteiger partial charge in [-0.3, -0.25) is 4.99 Å². The Morgan fingerprint density at radius 3 is 2.69 bits per heavy atom. The highest BCUT2D eigenvalue weighted by molar-refractivity contribution is 5.79. The highest BCUT2D eigenvalue weighted by Gasteiger charge is 2.08. The van der Waals surface area contributed by atoms with Gasteiger partial charge in [-0.2, -0.15) is 0 Å². The van der Waals surface area contributed by atoms with Crippen molar-refractivity contribution >= 4 is 5.96 Å². The van der Waals surface area contributed by atoms with Crippen LogP contribution in [0.5, 0.6) is 17.2 Å². The molecule has 1 atom stereocenters. The van der Waals surface area contributed by atoms with Crippen molar-refractivity contribution in [2.75, 3.05) is 20.7 Å². The first kappa shape index (κ1) is 19.4. The number of phenols is 1. The number of hydrogen-bond donors (Lipinski definition) is 3. The van der Waals surface area contributed by atoms with Gasteiger partial charge >= 0.3 is 0 Å². The molecule has 140 valence electrons. The molecule has 0 amide bonds. The average molecular weight is 361 g/mol. The van der Waals surface area contributed by atoms with Crippen LogP contribution in [-0.2, 0) is 6.54 Å². The largest absolute Gasteiger partial charge is 0.508 e. The maximum atomic E-state index is 13.2. The van der Waals surface area contributed by atoms with Crippen LogP contribution >= 0.6 is 0 Å². The van der Waals surface area contributed by atoms with Gasteiger partial charge < -0.3 is 25.2 Å². The Balaban J connectivity index is 1.84. The summed E-state index contributed by atoms with van der Waals surface area (Å²) in [5.41, 5.74) is 0.691. The number of ether oxygens (including phenoxy) is 2. The Morgan fingerprint density at radius 2 is 2.00 bits per heavy atom. The number of phenolic OH excluding ortho intramolecular Hbond substituents is 1. The first-order chi connectivity index (χ1) is 12.5. The van der Waals surface area contributed by atoms with Gasteiger partial charge in [-0.15, -0.1) is 0 Å². The van der Waals surface area contributed by atoms with Crippen LogP contribution in [0.4, 0.5) is 4.39 Å². The molecule has 6 nitrogen and oxygen atoms in total. The number of halogens is 1. The number of nitrogens with one attached hydrogen (secondary N) is 2. The Labute approximate surface area is 152 Å². The normalized spacial score (nSPS) is 12.4. The van der Waals surface area contributed by atoms with Crippen LogP contribution < -0.4 is 20.1 Å². The number of guanidine groups is 1. The minimum absolute atomic E-state index is 0.177. The van der Waals surface area contributed by atoms with Crippen molar-refractivity contribution < 1.29 is 19.0 Å². The zero-order chi connectivity index (χ0) is 18.9. The van der Waals surface area contributed by atoms with E-state index in [2.05, 4.69) is 15.6 Å². The Kier molecular flexibility index (Phi) is 7.08. The van der Waals surface area contributed by atoms with Crippen LogP contribution in [0.3, 0.4) is 0 Å². The van der Waals surface area contributed by atoms with Gasteiger partial charge in [0, 0.05) is 25.2 Å². The number of hydrogen-bond acceptors (Lipinski definition) is 4. The Morgan fingerprint density at radius 1 is 1.19 bits per heavy atom. The molecule has 2 aromatic carbocycles. The maximum absolute atomic E-state index is 13.2. The standard InChI is InChI=1S/C19H24FN3O3/c1-13(26-17-6-4-5-15(20)10-17)11-22-19(21-2)23-12-14-9-16(25-3)7-8-18(14)24/h4-10,13,24H,11-12H2,1-3H3,(H2,21,22,23). The van der Waals surface area contributed by atoms with E-state index in [0.29, 0.717) is 36.1 Å². The van der Waals surface area contributed by atoms with Gasteiger partial charge in [-0.25, -0.2) is 4.39 Å². The van der Waals surface area contributed by atoms with Gasteiger partial charge in [-0.05, 0) is 37.3 Å². The van der Waals surface area contributed by atoms with Crippen LogP contribution in [0.15, 0.2) is 47.5 Å². The lowest BCUT2D eigenvalue weighted by molar-refractivity contribution is 0.223. The van der Waals surface area contributed by atoms with E-state index in [1.54, 1.807) is 44.5 Å². The molecule has 0 saturated heterocycles. The summed E-state index contributed by atoms with van der Waals surface area (Å²) in [7, 11) is 3.23. The number of nitrogens with zero attached hydrogens (tertiary/aromatic N) is 1.